The summed E-state index contributed by atoms with van der Waals surface area (Å²) >= 11 is 0. The number of amides is 1. The van der Waals surface area contributed by atoms with Crippen molar-refractivity contribution in [2.75, 3.05) is 16.2 Å². The van der Waals surface area contributed by atoms with Crippen LogP contribution in [0.15, 0.2) is 41.3 Å². The predicted octanol–water partition coefficient (Wildman–Crippen LogP) is 2.89. The third-order valence-corrected chi connectivity index (χ3v) is 6.37. The predicted molar refractivity (Wildman–Crippen MR) is 97.4 cm³/mol. The molecule has 1 aliphatic carbocycles. The lowest BCUT2D eigenvalue weighted by molar-refractivity contribution is -0.116. The standard InChI is InChI=1S/C19H20N2O3S/c1-13(22)21-10-9-16-11-17(6-8-19(16)21)20-25(23,24)18-7-5-14-3-2-4-15(14)12-18/h5-8,11-12,20H,2-4,9-10H2,1H3. The normalized spacial score (nSPS) is 15.8. The molecule has 4 rings (SSSR count). The van der Waals surface area contributed by atoms with Crippen LogP contribution in [0.2, 0.25) is 0 Å². The first-order valence-electron chi connectivity index (χ1n) is 8.50. The molecule has 5 nitrogen and oxygen atoms in total. The third kappa shape index (κ3) is 2.91. The van der Waals surface area contributed by atoms with E-state index in [1.54, 1.807) is 30.0 Å². The molecule has 6 heteroatoms. The molecule has 2 aliphatic rings. The second-order valence-electron chi connectivity index (χ2n) is 6.65. The maximum absolute atomic E-state index is 12.7. The van der Waals surface area contributed by atoms with E-state index in [-0.39, 0.29) is 5.91 Å². The zero-order valence-corrected chi connectivity index (χ0v) is 14.9. The van der Waals surface area contributed by atoms with Crippen molar-refractivity contribution in [3.05, 3.63) is 53.1 Å². The molecule has 0 bridgehead atoms. The highest BCUT2D eigenvalue weighted by atomic mass is 32.2. The van der Waals surface area contributed by atoms with Crippen molar-refractivity contribution >= 4 is 27.3 Å². The van der Waals surface area contributed by atoms with Crippen LogP contribution in [-0.4, -0.2) is 20.9 Å². The van der Waals surface area contributed by atoms with E-state index in [1.165, 1.54) is 5.56 Å². The van der Waals surface area contributed by atoms with Crippen LogP contribution in [0, 0.1) is 0 Å². The van der Waals surface area contributed by atoms with Crippen LogP contribution in [0.1, 0.15) is 30.0 Å². The number of fused-ring (bicyclic) bond motifs is 2. The smallest absolute Gasteiger partial charge is 0.261 e. The summed E-state index contributed by atoms with van der Waals surface area (Å²) in [6, 6.07) is 10.7. The SMILES string of the molecule is CC(=O)N1CCc2cc(NS(=O)(=O)c3ccc4c(c3)CCC4)ccc21. The van der Waals surface area contributed by atoms with Crippen molar-refractivity contribution in [3.8, 4) is 0 Å². The van der Waals surface area contributed by atoms with Crippen LogP contribution >= 0.6 is 0 Å². The topological polar surface area (TPSA) is 66.5 Å². The maximum atomic E-state index is 12.7. The summed E-state index contributed by atoms with van der Waals surface area (Å²) in [5.41, 5.74) is 4.77. The van der Waals surface area contributed by atoms with Crippen LogP contribution in [-0.2, 0) is 34.1 Å². The summed E-state index contributed by atoms with van der Waals surface area (Å²) < 4.78 is 28.1. The molecule has 0 fully saturated rings. The van der Waals surface area contributed by atoms with Gasteiger partial charge in [-0.15, -0.1) is 0 Å². The molecule has 1 aliphatic heterocycles. The number of carbonyl (C=O) groups is 1. The summed E-state index contributed by atoms with van der Waals surface area (Å²) in [7, 11) is -3.61. The van der Waals surface area contributed by atoms with E-state index in [9.17, 15) is 13.2 Å². The Labute approximate surface area is 147 Å². The van der Waals surface area contributed by atoms with Gasteiger partial charge >= 0.3 is 0 Å². The van der Waals surface area contributed by atoms with E-state index in [0.717, 1.165) is 42.5 Å². The number of benzene rings is 2. The number of aryl methyl sites for hydroxylation is 2. The van der Waals surface area contributed by atoms with Gasteiger partial charge in [0, 0.05) is 24.8 Å². The molecule has 0 saturated heterocycles. The molecule has 0 radical (unpaired) electrons. The van der Waals surface area contributed by atoms with E-state index >= 15 is 0 Å². The van der Waals surface area contributed by atoms with Gasteiger partial charge in [-0.2, -0.15) is 0 Å². The monoisotopic (exact) mass is 356 g/mol. The van der Waals surface area contributed by atoms with Crippen LogP contribution in [0.3, 0.4) is 0 Å². The van der Waals surface area contributed by atoms with Crippen molar-refractivity contribution in [3.63, 3.8) is 0 Å². The zero-order valence-electron chi connectivity index (χ0n) is 14.1. The van der Waals surface area contributed by atoms with Gasteiger partial charge in [-0.25, -0.2) is 8.42 Å². The fourth-order valence-corrected chi connectivity index (χ4v) is 4.82. The van der Waals surface area contributed by atoms with Crippen molar-refractivity contribution in [2.24, 2.45) is 0 Å². The lowest BCUT2D eigenvalue weighted by atomic mass is 10.1. The zero-order chi connectivity index (χ0) is 17.6. The van der Waals surface area contributed by atoms with Crippen LogP contribution in [0.5, 0.6) is 0 Å². The van der Waals surface area contributed by atoms with Gasteiger partial charge in [0.25, 0.3) is 10.0 Å². The Morgan fingerprint density at radius 1 is 1.00 bits per heavy atom. The van der Waals surface area contributed by atoms with Gasteiger partial charge in [0.15, 0.2) is 0 Å². The minimum Gasteiger partial charge on any atom is -0.312 e. The first-order chi connectivity index (χ1) is 11.9. The van der Waals surface area contributed by atoms with Crippen molar-refractivity contribution in [1.82, 2.24) is 0 Å². The summed E-state index contributed by atoms with van der Waals surface area (Å²) in [6.07, 6.45) is 3.80. The molecule has 2 aromatic rings. The molecule has 25 heavy (non-hydrogen) atoms. The molecule has 2 aromatic carbocycles. The Morgan fingerprint density at radius 2 is 1.80 bits per heavy atom. The molecular weight excluding hydrogens is 336 g/mol. The molecule has 1 heterocycles. The number of anilines is 2. The summed E-state index contributed by atoms with van der Waals surface area (Å²) in [5, 5.41) is 0. The number of sulfonamides is 1. The minimum atomic E-state index is -3.61. The number of nitrogens with zero attached hydrogens (tertiary/aromatic N) is 1. The average molecular weight is 356 g/mol. The Hall–Kier alpha value is -2.34. The number of rotatable bonds is 3. The molecule has 0 unspecified atom stereocenters. The number of hydrogen-bond donors (Lipinski definition) is 1. The van der Waals surface area contributed by atoms with E-state index in [0.29, 0.717) is 17.1 Å². The molecular formula is C19H20N2O3S. The Bertz CT molecular complexity index is 967. The largest absolute Gasteiger partial charge is 0.312 e. The quantitative estimate of drug-likeness (QED) is 0.920. The number of hydrogen-bond acceptors (Lipinski definition) is 3. The fraction of sp³-hybridized carbons (Fsp3) is 0.316. The van der Waals surface area contributed by atoms with Gasteiger partial charge in [0.2, 0.25) is 5.91 Å². The number of nitrogens with one attached hydrogen (secondary N) is 1. The van der Waals surface area contributed by atoms with Crippen molar-refractivity contribution < 1.29 is 13.2 Å². The highest BCUT2D eigenvalue weighted by Gasteiger charge is 2.23. The molecule has 0 atom stereocenters. The third-order valence-electron chi connectivity index (χ3n) is 4.99. The molecule has 0 spiro atoms. The van der Waals surface area contributed by atoms with Crippen molar-refractivity contribution in [2.45, 2.75) is 37.5 Å². The van der Waals surface area contributed by atoms with Gasteiger partial charge in [0.1, 0.15) is 0 Å². The number of carbonyl (C=O) groups excluding carboxylic acids is 1. The summed E-state index contributed by atoms with van der Waals surface area (Å²) in [6.45, 7) is 2.19. The van der Waals surface area contributed by atoms with E-state index in [4.69, 9.17) is 0 Å². The van der Waals surface area contributed by atoms with Crippen LogP contribution in [0.25, 0.3) is 0 Å². The lowest BCUT2D eigenvalue weighted by Gasteiger charge is -2.15. The highest BCUT2D eigenvalue weighted by Crippen LogP contribution is 2.31. The van der Waals surface area contributed by atoms with E-state index in [2.05, 4.69) is 4.72 Å². The van der Waals surface area contributed by atoms with Crippen LogP contribution in [0.4, 0.5) is 11.4 Å². The molecule has 0 aromatic heterocycles. The van der Waals surface area contributed by atoms with Gasteiger partial charge < -0.3 is 4.90 Å². The van der Waals surface area contributed by atoms with Gasteiger partial charge in [-0.1, -0.05) is 6.07 Å². The first kappa shape index (κ1) is 16.1. The average Bonchev–Trinajstić information content (AvgIpc) is 3.19. The Kier molecular flexibility index (Phi) is 3.80. The highest BCUT2D eigenvalue weighted by molar-refractivity contribution is 7.92. The minimum absolute atomic E-state index is 0.00483. The van der Waals surface area contributed by atoms with E-state index in [1.807, 2.05) is 18.2 Å². The molecule has 0 saturated carbocycles. The lowest BCUT2D eigenvalue weighted by Crippen LogP contribution is -2.25. The Morgan fingerprint density at radius 3 is 2.60 bits per heavy atom. The van der Waals surface area contributed by atoms with E-state index < -0.39 is 10.0 Å². The second kappa shape index (κ2) is 5.88. The summed E-state index contributed by atoms with van der Waals surface area (Å²) in [5.74, 6) is 0.00483. The van der Waals surface area contributed by atoms with Gasteiger partial charge in [-0.3, -0.25) is 9.52 Å². The summed E-state index contributed by atoms with van der Waals surface area (Å²) in [4.78, 5) is 13.6. The maximum Gasteiger partial charge on any atom is 0.261 e. The second-order valence-corrected chi connectivity index (χ2v) is 8.34. The van der Waals surface area contributed by atoms with Gasteiger partial charge in [-0.05, 0) is 72.7 Å². The molecule has 1 amide bonds. The van der Waals surface area contributed by atoms with Crippen molar-refractivity contribution in [1.29, 1.82) is 0 Å². The fourth-order valence-electron chi connectivity index (χ4n) is 3.72. The first-order valence-corrected chi connectivity index (χ1v) is 9.98. The molecule has 130 valence electrons. The Balaban J connectivity index is 1.61. The van der Waals surface area contributed by atoms with Gasteiger partial charge in [0.05, 0.1) is 4.90 Å². The van der Waals surface area contributed by atoms with Crippen LogP contribution < -0.4 is 9.62 Å². The molecule has 1 N–H and O–H groups in total.